The molecule has 2 aromatic heterocycles. The molecule has 0 saturated carbocycles. The number of nitrogens with one attached hydrogen (secondary N) is 2. The number of halogens is 3. The largest absolute Gasteiger partial charge is 0.481 e. The Morgan fingerprint density at radius 1 is 1.25 bits per heavy atom. The molecule has 3 aromatic rings. The predicted molar refractivity (Wildman–Crippen MR) is 110 cm³/mol. The Balaban J connectivity index is 2.03. The zero-order valence-electron chi connectivity index (χ0n) is 16.6. The van der Waals surface area contributed by atoms with Crippen LogP contribution in [-0.4, -0.2) is 50.6 Å². The Hall–Kier alpha value is -3.37. The van der Waals surface area contributed by atoms with Crippen molar-refractivity contribution in [1.29, 1.82) is 5.26 Å². The highest BCUT2D eigenvalue weighted by atomic mass is 35.5. The second-order valence-electron chi connectivity index (χ2n) is 6.14. The van der Waals surface area contributed by atoms with Gasteiger partial charge in [-0.2, -0.15) is 15.2 Å². The van der Waals surface area contributed by atoms with Crippen LogP contribution in [-0.2, 0) is 16.4 Å². The number of sulfonamides is 1. The molecule has 0 amide bonds. The van der Waals surface area contributed by atoms with Crippen molar-refractivity contribution in [3.8, 4) is 23.6 Å². The maximum atomic E-state index is 13.0. The van der Waals surface area contributed by atoms with Gasteiger partial charge in [0.15, 0.2) is 12.4 Å². The highest BCUT2D eigenvalue weighted by Gasteiger charge is 2.25. The predicted octanol–water partition coefficient (Wildman–Crippen LogP) is 3.14. The minimum atomic E-state index is -4.26. The van der Waals surface area contributed by atoms with Crippen LogP contribution < -0.4 is 18.9 Å². The number of benzene rings is 1. The van der Waals surface area contributed by atoms with E-state index in [2.05, 4.69) is 19.7 Å². The number of nitrogens with zero attached hydrogens (tertiary/aromatic N) is 3. The lowest BCUT2D eigenvalue weighted by molar-refractivity contribution is 0.146. The SMILES string of the molecule is COc1nc(NS(=O)(=O)c2c[nH]c3c(OCC#N)c(Cl)ccc23)nc(OC)c1CC(F)F. The van der Waals surface area contributed by atoms with Crippen LogP contribution in [0.25, 0.3) is 10.9 Å². The van der Waals surface area contributed by atoms with E-state index in [1.54, 1.807) is 6.07 Å². The van der Waals surface area contributed by atoms with Gasteiger partial charge in [0.25, 0.3) is 10.0 Å². The summed E-state index contributed by atoms with van der Waals surface area (Å²) in [7, 11) is -1.87. The molecule has 0 fully saturated rings. The topological polar surface area (TPSA) is 139 Å². The van der Waals surface area contributed by atoms with Crippen LogP contribution in [0.3, 0.4) is 0 Å². The first-order valence-corrected chi connectivity index (χ1v) is 10.7. The normalized spacial score (nSPS) is 11.4. The van der Waals surface area contributed by atoms with Crippen LogP contribution >= 0.6 is 11.6 Å². The van der Waals surface area contributed by atoms with Gasteiger partial charge in [0.1, 0.15) is 11.0 Å². The molecule has 170 valence electrons. The third-order valence-electron chi connectivity index (χ3n) is 4.20. The van der Waals surface area contributed by atoms with Gasteiger partial charge in [0, 0.05) is 18.0 Å². The summed E-state index contributed by atoms with van der Waals surface area (Å²) in [5.41, 5.74) is 0.158. The molecular weight excluding hydrogens is 472 g/mol. The number of hydrogen-bond acceptors (Lipinski definition) is 8. The average molecular weight is 488 g/mol. The fourth-order valence-corrected chi connectivity index (χ4v) is 4.25. The Morgan fingerprint density at radius 3 is 2.47 bits per heavy atom. The van der Waals surface area contributed by atoms with Gasteiger partial charge >= 0.3 is 0 Å². The number of nitriles is 1. The van der Waals surface area contributed by atoms with E-state index in [1.807, 2.05) is 0 Å². The van der Waals surface area contributed by atoms with Crippen LogP contribution in [0, 0.1) is 11.3 Å². The van der Waals surface area contributed by atoms with Gasteiger partial charge in [-0.15, -0.1) is 0 Å². The van der Waals surface area contributed by atoms with E-state index in [0.717, 1.165) is 0 Å². The molecule has 0 saturated heterocycles. The van der Waals surface area contributed by atoms with Crippen LogP contribution in [0.4, 0.5) is 14.7 Å². The maximum absolute atomic E-state index is 13.0. The van der Waals surface area contributed by atoms with E-state index in [0.29, 0.717) is 0 Å². The van der Waals surface area contributed by atoms with E-state index in [4.69, 9.17) is 31.1 Å². The fourth-order valence-electron chi connectivity index (χ4n) is 2.92. The van der Waals surface area contributed by atoms with Crippen LogP contribution in [0.15, 0.2) is 23.2 Å². The minimum Gasteiger partial charge on any atom is -0.481 e. The lowest BCUT2D eigenvalue weighted by Gasteiger charge is -2.14. The Morgan fingerprint density at radius 2 is 1.91 bits per heavy atom. The molecule has 2 N–H and O–H groups in total. The highest BCUT2D eigenvalue weighted by molar-refractivity contribution is 7.93. The van der Waals surface area contributed by atoms with Crippen molar-refractivity contribution >= 4 is 38.5 Å². The number of aromatic nitrogens is 3. The first-order chi connectivity index (χ1) is 15.2. The molecule has 3 rings (SSSR count). The molecule has 0 atom stereocenters. The van der Waals surface area contributed by atoms with Gasteiger partial charge in [0.2, 0.25) is 24.1 Å². The molecule has 14 heteroatoms. The summed E-state index contributed by atoms with van der Waals surface area (Å²) in [6.45, 7) is -0.295. The molecule has 32 heavy (non-hydrogen) atoms. The molecule has 0 aliphatic carbocycles. The number of aromatic amines is 1. The third-order valence-corrected chi connectivity index (χ3v) is 5.86. The van der Waals surface area contributed by atoms with Crippen LogP contribution in [0.1, 0.15) is 5.56 Å². The number of hydrogen-bond donors (Lipinski definition) is 2. The van der Waals surface area contributed by atoms with E-state index in [9.17, 15) is 17.2 Å². The average Bonchev–Trinajstić information content (AvgIpc) is 3.18. The van der Waals surface area contributed by atoms with Gasteiger partial charge in [-0.25, -0.2) is 21.9 Å². The molecule has 1 aromatic carbocycles. The summed E-state index contributed by atoms with van der Waals surface area (Å²) >= 11 is 6.09. The molecule has 0 spiro atoms. The summed E-state index contributed by atoms with van der Waals surface area (Å²) in [4.78, 5) is 10.3. The molecule has 2 heterocycles. The van der Waals surface area contributed by atoms with E-state index in [-0.39, 0.29) is 50.5 Å². The number of anilines is 1. The smallest absolute Gasteiger partial charge is 0.266 e. The minimum absolute atomic E-state index is 0.103. The van der Waals surface area contributed by atoms with Gasteiger partial charge in [-0.1, -0.05) is 11.6 Å². The van der Waals surface area contributed by atoms with Crippen molar-refractivity contribution < 1.29 is 31.4 Å². The van der Waals surface area contributed by atoms with Crippen molar-refractivity contribution in [3.63, 3.8) is 0 Å². The quantitative estimate of drug-likeness (QED) is 0.469. The molecular formula is C18H16ClF2N5O5S. The van der Waals surface area contributed by atoms with E-state index >= 15 is 0 Å². The zero-order chi connectivity index (χ0) is 23.5. The highest BCUT2D eigenvalue weighted by Crippen LogP contribution is 2.36. The molecule has 0 aliphatic heterocycles. The van der Waals surface area contributed by atoms with E-state index in [1.165, 1.54) is 32.5 Å². The van der Waals surface area contributed by atoms with Crippen molar-refractivity contribution in [2.45, 2.75) is 17.7 Å². The van der Waals surface area contributed by atoms with Gasteiger partial charge < -0.3 is 19.2 Å². The number of H-pyrrole nitrogens is 1. The second kappa shape index (κ2) is 9.41. The Bertz CT molecular complexity index is 1270. The molecule has 0 radical (unpaired) electrons. The van der Waals surface area contributed by atoms with Gasteiger partial charge in [-0.05, 0) is 12.1 Å². The Labute approximate surface area is 186 Å². The lowest BCUT2D eigenvalue weighted by Crippen LogP contribution is -2.16. The van der Waals surface area contributed by atoms with Crippen LogP contribution in [0.5, 0.6) is 17.5 Å². The van der Waals surface area contributed by atoms with E-state index < -0.39 is 28.8 Å². The summed E-state index contributed by atoms with van der Waals surface area (Å²) < 4.78 is 69.3. The number of ether oxygens (including phenoxy) is 3. The number of rotatable bonds is 9. The van der Waals surface area contributed by atoms with Crippen LogP contribution in [0.2, 0.25) is 5.02 Å². The summed E-state index contributed by atoms with van der Waals surface area (Å²) in [5, 5.41) is 9.14. The van der Waals surface area contributed by atoms with Gasteiger partial charge in [-0.3, -0.25) is 0 Å². The lowest BCUT2D eigenvalue weighted by atomic mass is 10.2. The molecule has 10 nitrogen and oxygen atoms in total. The fraction of sp³-hybridized carbons (Fsp3) is 0.278. The zero-order valence-corrected chi connectivity index (χ0v) is 18.2. The van der Waals surface area contributed by atoms with Gasteiger partial charge in [0.05, 0.1) is 30.3 Å². The Kier molecular flexibility index (Phi) is 6.85. The molecule has 0 bridgehead atoms. The summed E-state index contributed by atoms with van der Waals surface area (Å²) in [6, 6.07) is 4.68. The first-order valence-electron chi connectivity index (χ1n) is 8.81. The number of methoxy groups -OCH3 is 2. The third kappa shape index (κ3) is 4.61. The maximum Gasteiger partial charge on any atom is 0.266 e. The first kappa shape index (κ1) is 23.3. The molecule has 0 unspecified atom stereocenters. The standard InChI is InChI=1S/C18H16ClF2N5O5S/c1-29-16-10(7-13(20)21)17(30-2)25-18(24-16)26-32(27,28)12-8-23-14-9(12)3-4-11(19)15(14)31-6-5-22/h3-4,8,13,23H,6-7H2,1-2H3,(H,24,25,26). The summed E-state index contributed by atoms with van der Waals surface area (Å²) in [6.07, 6.45) is -2.27. The summed E-state index contributed by atoms with van der Waals surface area (Å²) in [5.74, 6) is -0.843. The monoisotopic (exact) mass is 487 g/mol. The van der Waals surface area contributed by atoms with Crippen molar-refractivity contribution in [3.05, 3.63) is 28.9 Å². The number of alkyl halides is 2. The molecule has 0 aliphatic rings. The van der Waals surface area contributed by atoms with Crippen molar-refractivity contribution in [2.24, 2.45) is 0 Å². The van der Waals surface area contributed by atoms with Crippen molar-refractivity contribution in [1.82, 2.24) is 15.0 Å². The number of fused-ring (bicyclic) bond motifs is 1. The second-order valence-corrected chi connectivity index (χ2v) is 8.20. The van der Waals surface area contributed by atoms with Crippen molar-refractivity contribution in [2.75, 3.05) is 25.5 Å².